The first-order valence-electron chi connectivity index (χ1n) is 8.73. The highest BCUT2D eigenvalue weighted by Gasteiger charge is 2.18. The van der Waals surface area contributed by atoms with Crippen LogP contribution in [0.4, 0.5) is 0 Å². The Balaban J connectivity index is 1.59. The van der Waals surface area contributed by atoms with E-state index in [-0.39, 0.29) is 5.91 Å². The van der Waals surface area contributed by atoms with E-state index in [9.17, 15) is 4.79 Å². The summed E-state index contributed by atoms with van der Waals surface area (Å²) in [5.74, 6) is 0.556. The maximum atomic E-state index is 12.4. The van der Waals surface area contributed by atoms with Gasteiger partial charge in [0.15, 0.2) is 5.69 Å². The first-order chi connectivity index (χ1) is 12.0. The maximum Gasteiger partial charge on any atom is 0.273 e. The lowest BCUT2D eigenvalue weighted by molar-refractivity contribution is 0.0938. The molecule has 1 atom stereocenters. The number of aryl methyl sites for hydroxylation is 1. The number of amides is 1. The standard InChI is InChI=1S/C18H24ClN5O/c1-13-5-4-9-23(12-13)10-8-20-18(25)17-14(2)21-24(22-17)16-7-3-6-15(19)11-16/h3,6-7,11,13H,4-5,8-10,12H2,1-2H3,(H,20,25)/t13-/m1/s1. The van der Waals surface area contributed by atoms with Crippen molar-refractivity contribution in [3.8, 4) is 5.69 Å². The van der Waals surface area contributed by atoms with Crippen molar-refractivity contribution in [3.63, 3.8) is 0 Å². The molecule has 1 aromatic carbocycles. The highest BCUT2D eigenvalue weighted by Crippen LogP contribution is 2.15. The summed E-state index contributed by atoms with van der Waals surface area (Å²) in [6.07, 6.45) is 2.54. The first kappa shape index (κ1) is 17.9. The zero-order valence-corrected chi connectivity index (χ0v) is 15.5. The highest BCUT2D eigenvalue weighted by molar-refractivity contribution is 6.30. The minimum absolute atomic E-state index is 0.184. The maximum absolute atomic E-state index is 12.4. The number of nitrogens with one attached hydrogen (secondary N) is 1. The second-order valence-corrected chi connectivity index (χ2v) is 7.14. The van der Waals surface area contributed by atoms with Gasteiger partial charge in [-0.25, -0.2) is 0 Å². The average molecular weight is 362 g/mol. The Hall–Kier alpha value is -1.92. The molecule has 7 heteroatoms. The Morgan fingerprint density at radius 2 is 2.24 bits per heavy atom. The number of benzene rings is 1. The first-order valence-corrected chi connectivity index (χ1v) is 9.11. The minimum atomic E-state index is -0.184. The Bertz CT molecular complexity index is 745. The van der Waals surface area contributed by atoms with Crippen LogP contribution in [0.1, 0.15) is 35.9 Å². The van der Waals surface area contributed by atoms with Crippen LogP contribution in [0, 0.1) is 12.8 Å². The van der Waals surface area contributed by atoms with E-state index in [1.165, 1.54) is 17.6 Å². The van der Waals surface area contributed by atoms with Gasteiger partial charge in [-0.2, -0.15) is 9.90 Å². The van der Waals surface area contributed by atoms with Crippen LogP contribution >= 0.6 is 11.6 Å². The van der Waals surface area contributed by atoms with Crippen LogP contribution in [0.15, 0.2) is 24.3 Å². The van der Waals surface area contributed by atoms with Gasteiger partial charge in [-0.15, -0.1) is 5.10 Å². The molecule has 0 saturated carbocycles. The van der Waals surface area contributed by atoms with Crippen molar-refractivity contribution in [2.45, 2.75) is 26.7 Å². The molecule has 3 rings (SSSR count). The molecule has 0 aliphatic carbocycles. The number of rotatable bonds is 5. The molecule has 0 bridgehead atoms. The Kier molecular flexibility index (Phi) is 5.71. The van der Waals surface area contributed by atoms with E-state index >= 15 is 0 Å². The molecule has 1 N–H and O–H groups in total. The van der Waals surface area contributed by atoms with E-state index in [1.54, 1.807) is 19.1 Å². The van der Waals surface area contributed by atoms with E-state index in [4.69, 9.17) is 11.6 Å². The molecule has 1 amide bonds. The lowest BCUT2D eigenvalue weighted by Gasteiger charge is -2.30. The zero-order chi connectivity index (χ0) is 17.8. The molecule has 0 unspecified atom stereocenters. The van der Waals surface area contributed by atoms with Crippen LogP contribution in [0.3, 0.4) is 0 Å². The number of carbonyl (C=O) groups excluding carboxylic acids is 1. The van der Waals surface area contributed by atoms with Crippen molar-refractivity contribution in [2.75, 3.05) is 26.2 Å². The fourth-order valence-corrected chi connectivity index (χ4v) is 3.39. The third kappa shape index (κ3) is 4.58. The number of hydrogen-bond donors (Lipinski definition) is 1. The summed E-state index contributed by atoms with van der Waals surface area (Å²) in [5.41, 5.74) is 1.69. The quantitative estimate of drug-likeness (QED) is 0.889. The van der Waals surface area contributed by atoms with Crippen molar-refractivity contribution < 1.29 is 4.79 Å². The van der Waals surface area contributed by atoms with Crippen LogP contribution < -0.4 is 5.32 Å². The van der Waals surface area contributed by atoms with Crippen molar-refractivity contribution in [2.24, 2.45) is 5.92 Å². The number of halogens is 1. The summed E-state index contributed by atoms with van der Waals surface area (Å²) in [6, 6.07) is 7.23. The molecule has 1 fully saturated rings. The molecule has 1 aromatic heterocycles. The van der Waals surface area contributed by atoms with Gasteiger partial charge in [-0.3, -0.25) is 4.79 Å². The molecule has 2 heterocycles. The molecule has 0 radical (unpaired) electrons. The third-order valence-electron chi connectivity index (χ3n) is 4.49. The van der Waals surface area contributed by atoms with Crippen LogP contribution in [-0.2, 0) is 0 Å². The average Bonchev–Trinajstić information content (AvgIpc) is 2.97. The van der Waals surface area contributed by atoms with E-state index < -0.39 is 0 Å². The Labute approximate surface area is 153 Å². The van der Waals surface area contributed by atoms with Gasteiger partial charge >= 0.3 is 0 Å². The molecule has 2 aromatic rings. The highest BCUT2D eigenvalue weighted by atomic mass is 35.5. The smallest absolute Gasteiger partial charge is 0.273 e. The van der Waals surface area contributed by atoms with Crippen LogP contribution in [0.5, 0.6) is 0 Å². The summed E-state index contributed by atoms with van der Waals surface area (Å²) in [7, 11) is 0. The zero-order valence-electron chi connectivity index (χ0n) is 14.7. The van der Waals surface area contributed by atoms with Crippen molar-refractivity contribution in [1.29, 1.82) is 0 Å². The van der Waals surface area contributed by atoms with Crippen LogP contribution in [0.2, 0.25) is 5.02 Å². The summed E-state index contributed by atoms with van der Waals surface area (Å²) < 4.78 is 0. The van der Waals surface area contributed by atoms with Gasteiger partial charge in [0, 0.05) is 24.7 Å². The molecule has 0 spiro atoms. The second-order valence-electron chi connectivity index (χ2n) is 6.71. The van der Waals surface area contributed by atoms with Crippen molar-refractivity contribution in [3.05, 3.63) is 40.7 Å². The van der Waals surface area contributed by atoms with E-state index in [2.05, 4.69) is 27.3 Å². The number of carbonyl (C=O) groups is 1. The fourth-order valence-electron chi connectivity index (χ4n) is 3.21. The molecule has 25 heavy (non-hydrogen) atoms. The minimum Gasteiger partial charge on any atom is -0.349 e. The number of aromatic nitrogens is 3. The lowest BCUT2D eigenvalue weighted by atomic mass is 10.0. The van der Waals surface area contributed by atoms with Crippen LogP contribution in [-0.4, -0.2) is 52.0 Å². The van der Waals surface area contributed by atoms with Gasteiger partial charge in [0.2, 0.25) is 0 Å². The van der Waals surface area contributed by atoms with Gasteiger partial charge in [-0.1, -0.05) is 24.6 Å². The number of piperidine rings is 1. The largest absolute Gasteiger partial charge is 0.349 e. The topological polar surface area (TPSA) is 63.1 Å². The van der Waals surface area contributed by atoms with E-state index in [0.717, 1.165) is 31.2 Å². The SMILES string of the molecule is Cc1nn(-c2cccc(Cl)c2)nc1C(=O)NCCN1CCC[C@@H](C)C1. The van der Waals surface area contributed by atoms with Gasteiger partial charge in [0.1, 0.15) is 0 Å². The van der Waals surface area contributed by atoms with Crippen molar-refractivity contribution in [1.82, 2.24) is 25.2 Å². The number of likely N-dealkylation sites (tertiary alicyclic amines) is 1. The molecule has 134 valence electrons. The van der Waals surface area contributed by atoms with Gasteiger partial charge in [0.25, 0.3) is 5.91 Å². The summed E-state index contributed by atoms with van der Waals surface area (Å²) in [4.78, 5) is 16.3. The predicted molar refractivity (Wildman–Crippen MR) is 98.3 cm³/mol. The number of nitrogens with zero attached hydrogens (tertiary/aromatic N) is 4. The van der Waals surface area contributed by atoms with Gasteiger partial charge in [0.05, 0.1) is 11.4 Å². The molecular formula is C18H24ClN5O. The second kappa shape index (κ2) is 7.97. The summed E-state index contributed by atoms with van der Waals surface area (Å²) in [5, 5.41) is 12.2. The molecular weight excluding hydrogens is 338 g/mol. The molecule has 1 saturated heterocycles. The lowest BCUT2D eigenvalue weighted by Crippen LogP contribution is -2.40. The number of hydrogen-bond acceptors (Lipinski definition) is 4. The van der Waals surface area contributed by atoms with Gasteiger partial charge < -0.3 is 10.2 Å². The Morgan fingerprint density at radius 3 is 3.00 bits per heavy atom. The third-order valence-corrected chi connectivity index (χ3v) is 4.73. The van der Waals surface area contributed by atoms with Gasteiger partial charge in [-0.05, 0) is 50.4 Å². The fraction of sp³-hybridized carbons (Fsp3) is 0.500. The molecule has 6 nitrogen and oxygen atoms in total. The Morgan fingerprint density at radius 1 is 1.40 bits per heavy atom. The monoisotopic (exact) mass is 361 g/mol. The van der Waals surface area contributed by atoms with E-state index in [0.29, 0.717) is 23.0 Å². The van der Waals surface area contributed by atoms with Crippen molar-refractivity contribution >= 4 is 17.5 Å². The van der Waals surface area contributed by atoms with Crippen LogP contribution in [0.25, 0.3) is 5.69 Å². The van der Waals surface area contributed by atoms with E-state index in [1.807, 2.05) is 12.1 Å². The normalized spacial score (nSPS) is 18.3. The molecule has 1 aliphatic rings. The predicted octanol–water partition coefficient (Wildman–Crippen LogP) is 2.69. The summed E-state index contributed by atoms with van der Waals surface area (Å²) in [6.45, 7) is 7.79. The molecule has 1 aliphatic heterocycles. The summed E-state index contributed by atoms with van der Waals surface area (Å²) >= 11 is 6.00.